The van der Waals surface area contributed by atoms with Crippen LogP contribution in [0.2, 0.25) is 5.02 Å². The van der Waals surface area contributed by atoms with E-state index in [1.54, 1.807) is 6.92 Å². The second-order valence-corrected chi connectivity index (χ2v) is 4.82. The van der Waals surface area contributed by atoms with Gasteiger partial charge in [0.05, 0.1) is 11.1 Å². The molecule has 1 N–H and O–H groups in total. The Kier molecular flexibility index (Phi) is 4.85. The largest absolute Gasteiger partial charge is 0.306 e. The van der Waals surface area contributed by atoms with Crippen molar-refractivity contribution in [2.24, 2.45) is 0 Å². The van der Waals surface area contributed by atoms with E-state index in [9.17, 15) is 17.6 Å². The van der Waals surface area contributed by atoms with Crippen molar-refractivity contribution in [2.45, 2.75) is 13.0 Å². The van der Waals surface area contributed by atoms with Gasteiger partial charge in [0.2, 0.25) is 0 Å². The minimum atomic E-state index is -1.15. The van der Waals surface area contributed by atoms with Crippen molar-refractivity contribution in [2.75, 3.05) is 6.54 Å². The van der Waals surface area contributed by atoms with Gasteiger partial charge in [0.15, 0.2) is 0 Å². The molecular formula is C15H12ClF4N. The van der Waals surface area contributed by atoms with E-state index in [0.717, 1.165) is 24.3 Å². The first kappa shape index (κ1) is 15.8. The van der Waals surface area contributed by atoms with Crippen LogP contribution in [0.15, 0.2) is 30.3 Å². The highest BCUT2D eigenvalue weighted by molar-refractivity contribution is 6.30. The molecule has 6 heteroatoms. The zero-order valence-corrected chi connectivity index (χ0v) is 11.8. The summed E-state index contributed by atoms with van der Waals surface area (Å²) in [5.41, 5.74) is -0.567. The van der Waals surface area contributed by atoms with Crippen LogP contribution < -0.4 is 5.32 Å². The lowest BCUT2D eigenvalue weighted by Crippen LogP contribution is -2.25. The number of halogens is 5. The van der Waals surface area contributed by atoms with E-state index in [4.69, 9.17) is 11.6 Å². The van der Waals surface area contributed by atoms with Gasteiger partial charge in [-0.2, -0.15) is 0 Å². The SMILES string of the molecule is CCNC(c1cc(F)c(Cl)cc1F)c1c(F)cccc1F. The molecule has 1 atom stereocenters. The van der Waals surface area contributed by atoms with Crippen molar-refractivity contribution in [1.82, 2.24) is 5.32 Å². The Morgan fingerprint density at radius 3 is 2.19 bits per heavy atom. The highest BCUT2D eigenvalue weighted by Gasteiger charge is 2.25. The molecule has 0 radical (unpaired) electrons. The lowest BCUT2D eigenvalue weighted by molar-refractivity contribution is 0.491. The molecule has 0 aliphatic rings. The van der Waals surface area contributed by atoms with E-state index in [1.807, 2.05) is 0 Å². The third-order valence-electron chi connectivity index (χ3n) is 3.05. The topological polar surface area (TPSA) is 12.0 Å². The summed E-state index contributed by atoms with van der Waals surface area (Å²) in [5, 5.41) is 2.37. The van der Waals surface area contributed by atoms with Crippen molar-refractivity contribution in [3.05, 3.63) is 69.8 Å². The predicted molar refractivity (Wildman–Crippen MR) is 73.2 cm³/mol. The maximum absolute atomic E-state index is 14.0. The molecule has 0 heterocycles. The smallest absolute Gasteiger partial charge is 0.142 e. The first-order valence-corrected chi connectivity index (χ1v) is 6.65. The Morgan fingerprint density at radius 2 is 1.62 bits per heavy atom. The molecule has 2 rings (SSSR count). The average Bonchev–Trinajstić information content (AvgIpc) is 2.42. The second-order valence-electron chi connectivity index (χ2n) is 4.41. The first-order valence-electron chi connectivity index (χ1n) is 6.27. The number of rotatable bonds is 4. The van der Waals surface area contributed by atoms with Gasteiger partial charge in [-0.15, -0.1) is 0 Å². The van der Waals surface area contributed by atoms with Crippen molar-refractivity contribution in [3.63, 3.8) is 0 Å². The summed E-state index contributed by atoms with van der Waals surface area (Å²) < 4.78 is 55.4. The van der Waals surface area contributed by atoms with Crippen LogP contribution in [-0.4, -0.2) is 6.54 Å². The number of nitrogens with one attached hydrogen (secondary N) is 1. The zero-order chi connectivity index (χ0) is 15.6. The van der Waals surface area contributed by atoms with Crippen LogP contribution in [0.4, 0.5) is 17.6 Å². The molecule has 0 aromatic heterocycles. The van der Waals surface area contributed by atoms with Gasteiger partial charge in [-0.05, 0) is 30.8 Å². The maximum atomic E-state index is 14.0. The molecule has 0 fully saturated rings. The van der Waals surface area contributed by atoms with E-state index >= 15 is 0 Å². The molecule has 0 amide bonds. The quantitative estimate of drug-likeness (QED) is 0.642. The summed E-state index contributed by atoms with van der Waals surface area (Å²) >= 11 is 5.49. The van der Waals surface area contributed by atoms with E-state index < -0.39 is 29.3 Å². The van der Waals surface area contributed by atoms with Crippen LogP contribution >= 0.6 is 11.6 Å². The average molecular weight is 318 g/mol. The minimum Gasteiger partial charge on any atom is -0.306 e. The molecule has 2 aromatic rings. The molecule has 0 aliphatic carbocycles. The summed E-state index contributed by atoms with van der Waals surface area (Å²) in [6, 6.07) is 3.81. The van der Waals surface area contributed by atoms with E-state index in [0.29, 0.717) is 6.54 Å². The Bertz CT molecular complexity index is 640. The fourth-order valence-electron chi connectivity index (χ4n) is 2.12. The summed E-state index contributed by atoms with van der Waals surface area (Å²) in [6.45, 7) is 2.00. The molecule has 0 saturated carbocycles. The van der Waals surface area contributed by atoms with Gasteiger partial charge >= 0.3 is 0 Å². The molecule has 21 heavy (non-hydrogen) atoms. The molecule has 0 saturated heterocycles. The molecule has 0 aliphatic heterocycles. The van der Waals surface area contributed by atoms with Crippen LogP contribution in [0.1, 0.15) is 24.1 Å². The lowest BCUT2D eigenvalue weighted by Gasteiger charge is -2.21. The van der Waals surface area contributed by atoms with Gasteiger partial charge in [0.25, 0.3) is 0 Å². The molecule has 2 aromatic carbocycles. The van der Waals surface area contributed by atoms with Gasteiger partial charge in [-0.25, -0.2) is 17.6 Å². The van der Waals surface area contributed by atoms with Crippen LogP contribution in [0.25, 0.3) is 0 Å². The van der Waals surface area contributed by atoms with Crippen LogP contribution in [0, 0.1) is 23.3 Å². The molecular weight excluding hydrogens is 306 g/mol. The zero-order valence-electron chi connectivity index (χ0n) is 11.1. The van der Waals surface area contributed by atoms with Gasteiger partial charge in [-0.1, -0.05) is 24.6 Å². The highest BCUT2D eigenvalue weighted by Crippen LogP contribution is 2.31. The Balaban J connectivity index is 2.62. The summed E-state index contributed by atoms with van der Waals surface area (Å²) in [7, 11) is 0. The summed E-state index contributed by atoms with van der Waals surface area (Å²) in [5.74, 6) is -3.37. The Labute approximate surface area is 124 Å². The van der Waals surface area contributed by atoms with Crippen molar-refractivity contribution >= 4 is 11.6 Å². The molecule has 1 nitrogen and oxygen atoms in total. The summed E-state index contributed by atoms with van der Waals surface area (Å²) in [6.07, 6.45) is 0. The van der Waals surface area contributed by atoms with Gasteiger partial charge in [0, 0.05) is 11.1 Å². The fraction of sp³-hybridized carbons (Fsp3) is 0.200. The molecule has 0 bridgehead atoms. The minimum absolute atomic E-state index is 0.206. The predicted octanol–water partition coefficient (Wildman–Crippen LogP) is 4.60. The standard InChI is InChI=1S/C15H12ClF4N/c1-2-21-15(14-10(17)4-3-5-11(14)18)8-6-13(20)9(16)7-12(8)19/h3-7,15,21H,2H2,1H3. The van der Waals surface area contributed by atoms with Crippen molar-refractivity contribution < 1.29 is 17.6 Å². The number of hydrogen-bond acceptors (Lipinski definition) is 1. The molecule has 1 unspecified atom stereocenters. The monoisotopic (exact) mass is 317 g/mol. The van der Waals surface area contributed by atoms with Gasteiger partial charge in [0.1, 0.15) is 23.3 Å². The third-order valence-corrected chi connectivity index (χ3v) is 3.34. The highest BCUT2D eigenvalue weighted by atomic mass is 35.5. The van der Waals surface area contributed by atoms with E-state index in [2.05, 4.69) is 5.32 Å². The number of hydrogen-bond donors (Lipinski definition) is 1. The van der Waals surface area contributed by atoms with Crippen molar-refractivity contribution in [1.29, 1.82) is 0 Å². The second kappa shape index (κ2) is 6.45. The lowest BCUT2D eigenvalue weighted by atomic mass is 9.97. The van der Waals surface area contributed by atoms with E-state index in [1.165, 1.54) is 6.07 Å². The fourth-order valence-corrected chi connectivity index (χ4v) is 2.27. The Hall–Kier alpha value is -1.59. The summed E-state index contributed by atoms with van der Waals surface area (Å²) in [4.78, 5) is 0. The van der Waals surface area contributed by atoms with Gasteiger partial charge in [-0.3, -0.25) is 0 Å². The Morgan fingerprint density at radius 1 is 1.00 bits per heavy atom. The normalized spacial score (nSPS) is 12.5. The van der Waals surface area contributed by atoms with Gasteiger partial charge < -0.3 is 5.32 Å². The van der Waals surface area contributed by atoms with Crippen LogP contribution in [0.5, 0.6) is 0 Å². The van der Waals surface area contributed by atoms with Crippen LogP contribution in [-0.2, 0) is 0 Å². The van der Waals surface area contributed by atoms with Crippen LogP contribution in [0.3, 0.4) is 0 Å². The first-order chi connectivity index (χ1) is 9.95. The van der Waals surface area contributed by atoms with E-state index in [-0.39, 0.29) is 16.1 Å². The molecule has 112 valence electrons. The van der Waals surface area contributed by atoms with Crippen molar-refractivity contribution in [3.8, 4) is 0 Å². The number of benzene rings is 2. The molecule has 0 spiro atoms. The third kappa shape index (κ3) is 3.19. The maximum Gasteiger partial charge on any atom is 0.142 e.